The predicted molar refractivity (Wildman–Crippen MR) is 126 cm³/mol. The van der Waals surface area contributed by atoms with Gasteiger partial charge in [-0.1, -0.05) is 42.5 Å². The highest BCUT2D eigenvalue weighted by atomic mass is 16.6. The molecule has 0 bridgehead atoms. The lowest BCUT2D eigenvalue weighted by Crippen LogP contribution is -2.05. The highest BCUT2D eigenvalue weighted by molar-refractivity contribution is 5.89. The topological polar surface area (TPSA) is 87.9 Å². The zero-order chi connectivity index (χ0) is 23.8. The van der Waals surface area contributed by atoms with Gasteiger partial charge in [0, 0.05) is 12.1 Å². The van der Waals surface area contributed by atoms with Crippen molar-refractivity contribution in [3.8, 4) is 17.2 Å². The molecule has 0 aliphatic carbocycles. The summed E-state index contributed by atoms with van der Waals surface area (Å²) in [6.07, 6.45) is 0. The molecule has 0 saturated carbocycles. The van der Waals surface area contributed by atoms with E-state index in [4.69, 9.17) is 14.2 Å². The molecule has 4 rings (SSSR count). The third-order valence-electron chi connectivity index (χ3n) is 4.91. The summed E-state index contributed by atoms with van der Waals surface area (Å²) in [5, 5.41) is 10.7. The van der Waals surface area contributed by atoms with E-state index in [2.05, 4.69) is 0 Å². The predicted octanol–water partition coefficient (Wildman–Crippen LogP) is 6.32. The average Bonchev–Trinajstić information content (AvgIpc) is 2.88. The number of rotatable bonds is 9. The van der Waals surface area contributed by atoms with E-state index in [1.807, 2.05) is 30.3 Å². The number of benzene rings is 4. The molecule has 0 atom stereocenters. The van der Waals surface area contributed by atoms with E-state index in [1.165, 1.54) is 24.3 Å². The van der Waals surface area contributed by atoms with E-state index in [9.17, 15) is 14.9 Å². The Hall–Kier alpha value is -4.65. The van der Waals surface area contributed by atoms with Gasteiger partial charge in [0.15, 0.2) is 0 Å². The van der Waals surface area contributed by atoms with Crippen molar-refractivity contribution in [1.82, 2.24) is 0 Å². The smallest absolute Gasteiger partial charge is 0.338 e. The number of hydrogen-bond acceptors (Lipinski definition) is 6. The second-order valence-electron chi connectivity index (χ2n) is 7.37. The molecule has 7 heteroatoms. The van der Waals surface area contributed by atoms with Crippen molar-refractivity contribution in [3.63, 3.8) is 0 Å². The second kappa shape index (κ2) is 10.8. The summed E-state index contributed by atoms with van der Waals surface area (Å²) in [7, 11) is 0. The van der Waals surface area contributed by atoms with Crippen molar-refractivity contribution >= 4 is 11.7 Å². The standard InChI is InChI=1S/C27H21NO6/c29-27(22-8-14-24(15-9-22)32-18-20-4-2-1-3-5-20)33-19-21-6-12-25(13-7-21)34-26-16-10-23(11-17-26)28(30)31/h1-17H,18-19H2. The molecule has 0 aromatic heterocycles. The van der Waals surface area contributed by atoms with E-state index >= 15 is 0 Å². The molecule has 0 unspecified atom stereocenters. The van der Waals surface area contributed by atoms with Crippen LogP contribution >= 0.6 is 0 Å². The Bertz CT molecular complexity index is 1240. The Morgan fingerprint density at radius 3 is 1.85 bits per heavy atom. The fourth-order valence-corrected chi connectivity index (χ4v) is 3.09. The maximum atomic E-state index is 12.4. The first-order chi connectivity index (χ1) is 16.6. The minimum absolute atomic E-state index is 0.00105. The van der Waals surface area contributed by atoms with Crippen LogP contribution < -0.4 is 9.47 Å². The third kappa shape index (κ3) is 6.20. The number of esters is 1. The van der Waals surface area contributed by atoms with Crippen LogP contribution in [0.1, 0.15) is 21.5 Å². The van der Waals surface area contributed by atoms with E-state index < -0.39 is 10.9 Å². The van der Waals surface area contributed by atoms with E-state index in [1.54, 1.807) is 48.5 Å². The Balaban J connectivity index is 1.26. The van der Waals surface area contributed by atoms with E-state index in [0.717, 1.165) is 11.1 Å². The molecular formula is C27H21NO6. The second-order valence-corrected chi connectivity index (χ2v) is 7.37. The maximum absolute atomic E-state index is 12.4. The molecule has 0 aliphatic rings. The van der Waals surface area contributed by atoms with Crippen molar-refractivity contribution in [3.05, 3.63) is 130 Å². The minimum Gasteiger partial charge on any atom is -0.489 e. The van der Waals surface area contributed by atoms with Gasteiger partial charge in [0.1, 0.15) is 30.5 Å². The Labute approximate surface area is 196 Å². The van der Waals surface area contributed by atoms with Crippen molar-refractivity contribution in [2.45, 2.75) is 13.2 Å². The van der Waals surface area contributed by atoms with Gasteiger partial charge in [0.2, 0.25) is 0 Å². The first-order valence-electron chi connectivity index (χ1n) is 10.5. The summed E-state index contributed by atoms with van der Waals surface area (Å²) in [5.74, 6) is 1.29. The van der Waals surface area contributed by atoms with Crippen molar-refractivity contribution in [2.24, 2.45) is 0 Å². The van der Waals surface area contributed by atoms with Gasteiger partial charge in [0.25, 0.3) is 5.69 Å². The van der Waals surface area contributed by atoms with Crippen LogP contribution in [-0.4, -0.2) is 10.9 Å². The highest BCUT2D eigenvalue weighted by Crippen LogP contribution is 2.24. The number of nitro benzene ring substituents is 1. The summed E-state index contributed by atoms with van der Waals surface area (Å²) >= 11 is 0. The molecule has 4 aromatic carbocycles. The first kappa shape index (κ1) is 22.5. The maximum Gasteiger partial charge on any atom is 0.338 e. The van der Waals surface area contributed by atoms with Gasteiger partial charge in [-0.2, -0.15) is 0 Å². The summed E-state index contributed by atoms with van der Waals surface area (Å²) in [6.45, 7) is 0.567. The average molecular weight is 455 g/mol. The van der Waals surface area contributed by atoms with Crippen LogP contribution in [-0.2, 0) is 18.0 Å². The third-order valence-corrected chi connectivity index (χ3v) is 4.91. The monoisotopic (exact) mass is 455 g/mol. The number of carbonyl (C=O) groups is 1. The Kier molecular flexibility index (Phi) is 7.15. The SMILES string of the molecule is O=C(OCc1ccc(Oc2ccc([N+](=O)[O-])cc2)cc1)c1ccc(OCc2ccccc2)cc1. The Morgan fingerprint density at radius 2 is 1.24 bits per heavy atom. The first-order valence-corrected chi connectivity index (χ1v) is 10.5. The summed E-state index contributed by atoms with van der Waals surface area (Å²) in [6, 6.07) is 29.5. The zero-order valence-electron chi connectivity index (χ0n) is 18.1. The lowest BCUT2D eigenvalue weighted by Gasteiger charge is -2.09. The van der Waals surface area contributed by atoms with Crippen LogP contribution in [0.4, 0.5) is 5.69 Å². The summed E-state index contributed by atoms with van der Waals surface area (Å²) in [5.41, 5.74) is 2.30. The molecule has 4 aromatic rings. The van der Waals surface area contributed by atoms with Gasteiger partial charge in [-0.3, -0.25) is 10.1 Å². The molecule has 0 N–H and O–H groups in total. The number of nitro groups is 1. The van der Waals surface area contributed by atoms with Gasteiger partial charge >= 0.3 is 5.97 Å². The van der Waals surface area contributed by atoms with Gasteiger partial charge in [-0.25, -0.2) is 4.79 Å². The summed E-state index contributed by atoms with van der Waals surface area (Å²) < 4.78 is 16.8. The van der Waals surface area contributed by atoms with Crippen LogP contribution in [0.15, 0.2) is 103 Å². The molecule has 0 fully saturated rings. The van der Waals surface area contributed by atoms with Gasteiger partial charge in [0.05, 0.1) is 10.5 Å². The van der Waals surface area contributed by atoms with Crippen LogP contribution in [0.2, 0.25) is 0 Å². The van der Waals surface area contributed by atoms with Crippen LogP contribution in [0.25, 0.3) is 0 Å². The zero-order valence-corrected chi connectivity index (χ0v) is 18.1. The molecule has 0 amide bonds. The van der Waals surface area contributed by atoms with Crippen molar-refractivity contribution in [1.29, 1.82) is 0 Å². The molecule has 0 heterocycles. The van der Waals surface area contributed by atoms with Crippen LogP contribution in [0, 0.1) is 10.1 Å². The van der Waals surface area contributed by atoms with Gasteiger partial charge < -0.3 is 14.2 Å². The lowest BCUT2D eigenvalue weighted by atomic mass is 10.2. The van der Waals surface area contributed by atoms with Gasteiger partial charge in [-0.15, -0.1) is 0 Å². The van der Waals surface area contributed by atoms with E-state index in [0.29, 0.717) is 29.4 Å². The minimum atomic E-state index is -0.464. The van der Waals surface area contributed by atoms with E-state index in [-0.39, 0.29) is 12.3 Å². The molecule has 170 valence electrons. The molecule has 0 spiro atoms. The number of ether oxygens (including phenoxy) is 3. The molecule has 7 nitrogen and oxygen atoms in total. The largest absolute Gasteiger partial charge is 0.489 e. The van der Waals surface area contributed by atoms with Crippen molar-refractivity contribution < 1.29 is 23.9 Å². The quantitative estimate of drug-likeness (QED) is 0.167. The number of nitrogens with zero attached hydrogens (tertiary/aromatic N) is 1. The lowest BCUT2D eigenvalue weighted by molar-refractivity contribution is -0.384. The fraction of sp³-hybridized carbons (Fsp3) is 0.0741. The molecule has 0 saturated heterocycles. The van der Waals surface area contributed by atoms with Crippen molar-refractivity contribution in [2.75, 3.05) is 0 Å². The summed E-state index contributed by atoms with van der Waals surface area (Å²) in [4.78, 5) is 22.6. The van der Waals surface area contributed by atoms with Gasteiger partial charge in [-0.05, 0) is 59.7 Å². The molecule has 34 heavy (non-hydrogen) atoms. The molecule has 0 aliphatic heterocycles. The normalized spacial score (nSPS) is 10.4. The highest BCUT2D eigenvalue weighted by Gasteiger charge is 2.09. The number of carbonyl (C=O) groups excluding carboxylic acids is 1. The fourth-order valence-electron chi connectivity index (χ4n) is 3.09. The number of non-ortho nitro benzene ring substituents is 1. The number of hydrogen-bond donors (Lipinski definition) is 0. The molecular weight excluding hydrogens is 434 g/mol. The molecule has 0 radical (unpaired) electrons. The van der Waals surface area contributed by atoms with Crippen LogP contribution in [0.5, 0.6) is 17.2 Å². The van der Waals surface area contributed by atoms with Crippen LogP contribution in [0.3, 0.4) is 0 Å². The Morgan fingerprint density at radius 1 is 0.676 bits per heavy atom.